The lowest BCUT2D eigenvalue weighted by Crippen LogP contribution is -2.21. The fourth-order valence-corrected chi connectivity index (χ4v) is 2.62. The molecule has 0 atom stereocenters. The van der Waals surface area contributed by atoms with E-state index in [0.717, 1.165) is 16.3 Å². The highest BCUT2D eigenvalue weighted by Gasteiger charge is 2.13. The van der Waals surface area contributed by atoms with E-state index >= 15 is 0 Å². The van der Waals surface area contributed by atoms with E-state index in [0.29, 0.717) is 11.7 Å². The van der Waals surface area contributed by atoms with Crippen LogP contribution in [0.2, 0.25) is 5.02 Å². The minimum absolute atomic E-state index is 0.371. The predicted molar refractivity (Wildman–Crippen MR) is 76.6 cm³/mol. The van der Waals surface area contributed by atoms with Crippen LogP contribution in [0.4, 0.5) is 0 Å². The molecule has 0 bridgehead atoms. The van der Waals surface area contributed by atoms with Gasteiger partial charge in [-0.2, -0.15) is 0 Å². The lowest BCUT2D eigenvalue weighted by Gasteiger charge is -2.13. The lowest BCUT2D eigenvalue weighted by atomic mass is 10.2. The number of ether oxygens (including phenoxy) is 2. The molecule has 2 rings (SSSR count). The number of aromatic nitrogens is 4. The number of hydrogen-bond donors (Lipinski definition) is 0. The minimum Gasteiger partial charge on any atom is -0.354 e. The number of nitrogens with zero attached hydrogens (tertiary/aromatic N) is 4. The number of thioether (sulfide) groups is 1. The number of benzene rings is 1. The van der Waals surface area contributed by atoms with Gasteiger partial charge in [0.1, 0.15) is 0 Å². The molecule has 0 saturated heterocycles. The first-order valence-electron chi connectivity index (χ1n) is 5.92. The number of methoxy groups -OCH3 is 2. The Kier molecular flexibility index (Phi) is 5.78. The number of rotatable bonds is 7. The molecule has 0 N–H and O–H groups in total. The zero-order chi connectivity index (χ0) is 14.4. The van der Waals surface area contributed by atoms with Crippen LogP contribution in [-0.4, -0.2) is 40.7 Å². The van der Waals surface area contributed by atoms with Gasteiger partial charge in [-0.25, -0.2) is 4.68 Å². The van der Waals surface area contributed by atoms with Crippen LogP contribution in [0.25, 0.3) is 0 Å². The van der Waals surface area contributed by atoms with E-state index in [9.17, 15) is 0 Å². The second kappa shape index (κ2) is 7.58. The molecule has 20 heavy (non-hydrogen) atoms. The van der Waals surface area contributed by atoms with Gasteiger partial charge in [0.25, 0.3) is 0 Å². The van der Waals surface area contributed by atoms with Crippen molar-refractivity contribution in [2.75, 3.05) is 14.2 Å². The van der Waals surface area contributed by atoms with Crippen molar-refractivity contribution in [1.29, 1.82) is 0 Å². The van der Waals surface area contributed by atoms with E-state index in [1.54, 1.807) is 18.9 Å². The molecule has 0 unspecified atom stereocenters. The lowest BCUT2D eigenvalue weighted by molar-refractivity contribution is -0.113. The highest BCUT2D eigenvalue weighted by atomic mass is 35.5. The van der Waals surface area contributed by atoms with Crippen molar-refractivity contribution in [3.8, 4) is 0 Å². The van der Waals surface area contributed by atoms with E-state index in [-0.39, 0.29) is 6.29 Å². The van der Waals surface area contributed by atoms with Crippen molar-refractivity contribution in [1.82, 2.24) is 20.2 Å². The Hall–Kier alpha value is -1.15. The van der Waals surface area contributed by atoms with Gasteiger partial charge in [-0.05, 0) is 28.1 Å². The van der Waals surface area contributed by atoms with Crippen LogP contribution in [-0.2, 0) is 21.8 Å². The van der Waals surface area contributed by atoms with Gasteiger partial charge in [0.05, 0.1) is 6.54 Å². The summed E-state index contributed by atoms with van der Waals surface area (Å²) in [4.78, 5) is 0. The van der Waals surface area contributed by atoms with Crippen molar-refractivity contribution < 1.29 is 9.47 Å². The van der Waals surface area contributed by atoms with E-state index in [1.807, 2.05) is 24.3 Å². The number of tetrazole rings is 1. The summed E-state index contributed by atoms with van der Waals surface area (Å²) in [6, 6.07) is 7.71. The summed E-state index contributed by atoms with van der Waals surface area (Å²) in [5, 5.41) is 13.0. The second-order valence-corrected chi connectivity index (χ2v) is 5.34. The summed E-state index contributed by atoms with van der Waals surface area (Å²) in [5.74, 6) is 0.742. The van der Waals surface area contributed by atoms with Crippen LogP contribution in [0, 0.1) is 0 Å². The molecule has 0 spiro atoms. The van der Waals surface area contributed by atoms with Gasteiger partial charge in [-0.3, -0.25) is 0 Å². The molecule has 0 aliphatic carbocycles. The smallest absolute Gasteiger partial charge is 0.209 e. The molecule has 108 valence electrons. The van der Waals surface area contributed by atoms with Gasteiger partial charge in [0.2, 0.25) is 5.16 Å². The standard InChI is InChI=1S/C12H15ClN4O2S/c1-18-11(19-2)7-17-12(14-15-16-17)20-8-9-4-3-5-10(13)6-9/h3-6,11H,7-8H2,1-2H3. The predicted octanol–water partition coefficient (Wildman–Crippen LogP) is 2.24. The zero-order valence-corrected chi connectivity index (χ0v) is 12.8. The van der Waals surface area contributed by atoms with Gasteiger partial charge in [0.15, 0.2) is 6.29 Å². The Morgan fingerprint density at radius 2 is 2.15 bits per heavy atom. The molecule has 6 nitrogen and oxygen atoms in total. The maximum atomic E-state index is 5.96. The summed E-state index contributed by atoms with van der Waals surface area (Å²) < 4.78 is 11.9. The summed E-state index contributed by atoms with van der Waals surface area (Å²) in [6.07, 6.45) is -0.371. The van der Waals surface area contributed by atoms with Gasteiger partial charge in [-0.15, -0.1) is 5.10 Å². The molecule has 1 aromatic carbocycles. The van der Waals surface area contributed by atoms with E-state index in [1.165, 1.54) is 11.8 Å². The molecular weight excluding hydrogens is 300 g/mol. The molecule has 2 aromatic rings. The van der Waals surface area contributed by atoms with Crippen LogP contribution in [0.3, 0.4) is 0 Å². The maximum Gasteiger partial charge on any atom is 0.209 e. The maximum absolute atomic E-state index is 5.96. The fraction of sp³-hybridized carbons (Fsp3) is 0.417. The van der Waals surface area contributed by atoms with Gasteiger partial charge >= 0.3 is 0 Å². The molecule has 0 aliphatic rings. The topological polar surface area (TPSA) is 62.1 Å². The molecule has 0 saturated carbocycles. The Morgan fingerprint density at radius 1 is 1.35 bits per heavy atom. The van der Waals surface area contributed by atoms with Gasteiger partial charge < -0.3 is 9.47 Å². The summed E-state index contributed by atoms with van der Waals surface area (Å²) >= 11 is 7.49. The Bertz CT molecular complexity index is 548. The third-order valence-corrected chi connectivity index (χ3v) is 3.87. The molecule has 1 heterocycles. The van der Waals surface area contributed by atoms with Crippen LogP contribution in [0.1, 0.15) is 5.56 Å². The molecule has 0 radical (unpaired) electrons. The van der Waals surface area contributed by atoms with E-state index in [4.69, 9.17) is 21.1 Å². The normalized spacial score (nSPS) is 11.2. The van der Waals surface area contributed by atoms with Crippen molar-refractivity contribution in [2.45, 2.75) is 23.7 Å². The highest BCUT2D eigenvalue weighted by Crippen LogP contribution is 2.22. The first-order chi connectivity index (χ1) is 9.72. The van der Waals surface area contributed by atoms with Crippen LogP contribution in [0.15, 0.2) is 29.4 Å². The third-order valence-electron chi connectivity index (χ3n) is 2.60. The average molecular weight is 315 g/mol. The molecular formula is C12H15ClN4O2S. The van der Waals surface area contributed by atoms with E-state index < -0.39 is 0 Å². The molecule has 0 aliphatic heterocycles. The quantitative estimate of drug-likeness (QED) is 0.577. The van der Waals surface area contributed by atoms with Crippen molar-refractivity contribution >= 4 is 23.4 Å². The summed E-state index contributed by atoms with van der Waals surface area (Å²) in [7, 11) is 3.16. The fourth-order valence-electron chi connectivity index (χ4n) is 1.58. The molecule has 8 heteroatoms. The minimum atomic E-state index is -0.371. The van der Waals surface area contributed by atoms with Crippen molar-refractivity contribution in [2.24, 2.45) is 0 Å². The van der Waals surface area contributed by atoms with Crippen LogP contribution in [0.5, 0.6) is 0 Å². The molecule has 1 aromatic heterocycles. The first-order valence-corrected chi connectivity index (χ1v) is 7.28. The second-order valence-electron chi connectivity index (χ2n) is 3.96. The van der Waals surface area contributed by atoms with Crippen LogP contribution >= 0.6 is 23.4 Å². The van der Waals surface area contributed by atoms with Crippen molar-refractivity contribution in [3.63, 3.8) is 0 Å². The number of halogens is 1. The SMILES string of the molecule is COC(Cn1nnnc1SCc1cccc(Cl)c1)OC. The highest BCUT2D eigenvalue weighted by molar-refractivity contribution is 7.98. The summed E-state index contributed by atoms with van der Waals surface area (Å²) in [5.41, 5.74) is 1.12. The first kappa shape index (κ1) is 15.2. The summed E-state index contributed by atoms with van der Waals surface area (Å²) in [6.45, 7) is 0.442. The van der Waals surface area contributed by atoms with Crippen LogP contribution < -0.4 is 0 Å². The van der Waals surface area contributed by atoms with Crippen molar-refractivity contribution in [3.05, 3.63) is 34.9 Å². The largest absolute Gasteiger partial charge is 0.354 e. The van der Waals surface area contributed by atoms with Gasteiger partial charge in [-0.1, -0.05) is 35.5 Å². The van der Waals surface area contributed by atoms with Gasteiger partial charge in [0, 0.05) is 25.0 Å². The number of hydrogen-bond acceptors (Lipinski definition) is 6. The molecule has 0 amide bonds. The Balaban J connectivity index is 1.98. The molecule has 0 fully saturated rings. The Labute approximate surface area is 126 Å². The monoisotopic (exact) mass is 314 g/mol. The zero-order valence-electron chi connectivity index (χ0n) is 11.2. The third kappa shape index (κ3) is 4.17. The Morgan fingerprint density at radius 3 is 2.85 bits per heavy atom. The average Bonchev–Trinajstić information content (AvgIpc) is 2.90. The van der Waals surface area contributed by atoms with E-state index in [2.05, 4.69) is 15.5 Å².